The molecule has 1 unspecified atom stereocenters. The van der Waals surface area contributed by atoms with Crippen molar-refractivity contribution in [2.45, 2.75) is 303 Å². The molecule has 0 bridgehead atoms. The van der Waals surface area contributed by atoms with Gasteiger partial charge in [-0.3, -0.25) is 14.4 Å². The van der Waals surface area contributed by atoms with Crippen molar-refractivity contribution in [1.82, 2.24) is 0 Å². The van der Waals surface area contributed by atoms with Crippen molar-refractivity contribution >= 4 is 17.9 Å². The molecular formula is C68H116O6. The van der Waals surface area contributed by atoms with Gasteiger partial charge in [0.15, 0.2) is 6.10 Å². The number of esters is 3. The fraction of sp³-hybridized carbons (Fsp3) is 0.721. The first-order chi connectivity index (χ1) is 36.5. The standard InChI is InChI=1S/C68H116O6/c1-4-7-10-13-16-19-22-25-28-30-31-32-33-34-35-36-37-39-40-43-46-49-52-55-58-61-67(70)73-64-65(63-72-66(69)60-57-54-51-48-45-42-27-24-21-18-15-12-9-6-3)74-68(71)62-59-56-53-50-47-44-41-38-29-26-23-20-17-14-11-8-5-2/h7,10,15-16,18-19,24-29,31-32,34-35,65H,4-6,8-9,11-14,17,20-23,30,33,36-64H2,1-3H3/b10-7-,18-15-,19-16-,27-24-,28-25-,29-26-,32-31-,35-34-. The van der Waals surface area contributed by atoms with Gasteiger partial charge in [-0.1, -0.05) is 259 Å². The molecule has 0 amide bonds. The van der Waals surface area contributed by atoms with E-state index in [1.807, 2.05) is 0 Å². The Morgan fingerprint density at radius 2 is 0.541 bits per heavy atom. The van der Waals surface area contributed by atoms with E-state index in [9.17, 15) is 14.4 Å². The zero-order valence-electron chi connectivity index (χ0n) is 48.6. The van der Waals surface area contributed by atoms with Gasteiger partial charge in [0, 0.05) is 19.3 Å². The van der Waals surface area contributed by atoms with E-state index >= 15 is 0 Å². The fourth-order valence-electron chi connectivity index (χ4n) is 8.60. The molecule has 0 fully saturated rings. The first-order valence-electron chi connectivity index (χ1n) is 31.2. The molecule has 0 heterocycles. The van der Waals surface area contributed by atoms with E-state index in [0.717, 1.165) is 122 Å². The predicted octanol–water partition coefficient (Wildman–Crippen LogP) is 21.3. The third-order valence-corrected chi connectivity index (χ3v) is 13.3. The summed E-state index contributed by atoms with van der Waals surface area (Å²) in [5, 5.41) is 0. The SMILES string of the molecule is CC/C=C\C/C=C\C/C=C\C/C=C\C/C=C\CCCCCCCCCCCC(=O)OCC(COC(=O)CCCCCCC/C=C\C/C=C\CCCC)OC(=O)CCCCCCCCC/C=C\CCCCCCCC. The van der Waals surface area contributed by atoms with Gasteiger partial charge in [0.1, 0.15) is 13.2 Å². The van der Waals surface area contributed by atoms with Gasteiger partial charge in [-0.25, -0.2) is 0 Å². The third-order valence-electron chi connectivity index (χ3n) is 13.3. The van der Waals surface area contributed by atoms with E-state index in [1.54, 1.807) is 0 Å². The Morgan fingerprint density at radius 3 is 0.878 bits per heavy atom. The molecule has 424 valence electrons. The molecule has 0 saturated carbocycles. The summed E-state index contributed by atoms with van der Waals surface area (Å²) in [6.45, 7) is 6.48. The third kappa shape index (κ3) is 59.2. The van der Waals surface area contributed by atoms with Crippen molar-refractivity contribution in [3.05, 3.63) is 97.2 Å². The van der Waals surface area contributed by atoms with Gasteiger partial charge in [-0.2, -0.15) is 0 Å². The van der Waals surface area contributed by atoms with Crippen LogP contribution >= 0.6 is 0 Å². The highest BCUT2D eigenvalue weighted by atomic mass is 16.6. The zero-order valence-corrected chi connectivity index (χ0v) is 48.6. The number of hydrogen-bond donors (Lipinski definition) is 0. The second-order valence-electron chi connectivity index (χ2n) is 20.6. The van der Waals surface area contributed by atoms with Gasteiger partial charge in [0.05, 0.1) is 0 Å². The van der Waals surface area contributed by atoms with Crippen LogP contribution in [-0.2, 0) is 28.6 Å². The molecule has 0 N–H and O–H groups in total. The Balaban J connectivity index is 4.36. The van der Waals surface area contributed by atoms with Crippen LogP contribution in [0.2, 0.25) is 0 Å². The van der Waals surface area contributed by atoms with Gasteiger partial charge in [0.2, 0.25) is 0 Å². The minimum absolute atomic E-state index is 0.0865. The molecule has 0 aliphatic carbocycles. The molecule has 0 spiro atoms. The summed E-state index contributed by atoms with van der Waals surface area (Å²) in [6, 6.07) is 0. The van der Waals surface area contributed by atoms with Crippen LogP contribution in [-0.4, -0.2) is 37.2 Å². The van der Waals surface area contributed by atoms with Crippen LogP contribution in [0.3, 0.4) is 0 Å². The van der Waals surface area contributed by atoms with Gasteiger partial charge in [0.25, 0.3) is 0 Å². The first kappa shape index (κ1) is 70.3. The Labute approximate surface area is 457 Å². The van der Waals surface area contributed by atoms with Crippen molar-refractivity contribution in [3.8, 4) is 0 Å². The monoisotopic (exact) mass is 1030 g/mol. The van der Waals surface area contributed by atoms with E-state index in [2.05, 4.69) is 118 Å². The van der Waals surface area contributed by atoms with Gasteiger partial charge < -0.3 is 14.2 Å². The van der Waals surface area contributed by atoms with Crippen molar-refractivity contribution in [3.63, 3.8) is 0 Å². The normalized spacial score (nSPS) is 12.7. The quantitative estimate of drug-likeness (QED) is 0.0261. The molecule has 0 aromatic rings. The smallest absolute Gasteiger partial charge is 0.306 e. The maximum absolute atomic E-state index is 12.9. The van der Waals surface area contributed by atoms with Crippen molar-refractivity contribution in [1.29, 1.82) is 0 Å². The molecule has 0 radical (unpaired) electrons. The van der Waals surface area contributed by atoms with Crippen molar-refractivity contribution in [2.75, 3.05) is 13.2 Å². The summed E-state index contributed by atoms with van der Waals surface area (Å²) in [5.74, 6) is -0.903. The molecular weight excluding hydrogens is 913 g/mol. The lowest BCUT2D eigenvalue weighted by Gasteiger charge is -2.18. The van der Waals surface area contributed by atoms with Crippen LogP contribution in [0.5, 0.6) is 0 Å². The van der Waals surface area contributed by atoms with Gasteiger partial charge in [-0.15, -0.1) is 0 Å². The van der Waals surface area contributed by atoms with Gasteiger partial charge >= 0.3 is 17.9 Å². The lowest BCUT2D eigenvalue weighted by molar-refractivity contribution is -0.167. The van der Waals surface area contributed by atoms with Gasteiger partial charge in [-0.05, 0) is 116 Å². The molecule has 1 atom stereocenters. The molecule has 0 aromatic carbocycles. The van der Waals surface area contributed by atoms with E-state index in [-0.39, 0.29) is 31.1 Å². The Hall–Kier alpha value is -3.67. The van der Waals surface area contributed by atoms with Crippen LogP contribution in [0.25, 0.3) is 0 Å². The van der Waals surface area contributed by atoms with Crippen LogP contribution < -0.4 is 0 Å². The average Bonchev–Trinajstić information content (AvgIpc) is 3.40. The molecule has 0 saturated heterocycles. The lowest BCUT2D eigenvalue weighted by atomic mass is 10.1. The Kier molecular flexibility index (Phi) is 58.8. The summed E-state index contributed by atoms with van der Waals surface area (Å²) < 4.78 is 16.9. The summed E-state index contributed by atoms with van der Waals surface area (Å²) in [7, 11) is 0. The molecule has 0 rings (SSSR count). The summed E-state index contributed by atoms with van der Waals surface area (Å²) in [5.41, 5.74) is 0. The summed E-state index contributed by atoms with van der Waals surface area (Å²) >= 11 is 0. The predicted molar refractivity (Wildman–Crippen MR) is 320 cm³/mol. The lowest BCUT2D eigenvalue weighted by Crippen LogP contribution is -2.30. The maximum atomic E-state index is 12.9. The first-order valence-corrected chi connectivity index (χ1v) is 31.2. The van der Waals surface area contributed by atoms with Crippen LogP contribution in [0.15, 0.2) is 97.2 Å². The molecule has 0 aromatic heterocycles. The van der Waals surface area contributed by atoms with Crippen molar-refractivity contribution in [2.24, 2.45) is 0 Å². The Bertz CT molecular complexity index is 1460. The minimum atomic E-state index is -0.790. The second kappa shape index (κ2) is 61.9. The highest BCUT2D eigenvalue weighted by molar-refractivity contribution is 5.71. The summed E-state index contributed by atoms with van der Waals surface area (Å²) in [4.78, 5) is 38.3. The van der Waals surface area contributed by atoms with Crippen LogP contribution in [0.4, 0.5) is 0 Å². The van der Waals surface area contributed by atoms with Crippen molar-refractivity contribution < 1.29 is 28.6 Å². The topological polar surface area (TPSA) is 78.9 Å². The largest absolute Gasteiger partial charge is 0.462 e. The number of rotatable bonds is 56. The van der Waals surface area contributed by atoms with E-state index < -0.39 is 6.10 Å². The van der Waals surface area contributed by atoms with Crippen LogP contribution in [0, 0.1) is 0 Å². The zero-order chi connectivity index (χ0) is 53.6. The maximum Gasteiger partial charge on any atom is 0.306 e. The Morgan fingerprint density at radius 1 is 0.284 bits per heavy atom. The van der Waals surface area contributed by atoms with Crippen LogP contribution in [0.1, 0.15) is 297 Å². The number of carbonyl (C=O) groups excluding carboxylic acids is 3. The molecule has 6 nitrogen and oxygen atoms in total. The number of hydrogen-bond acceptors (Lipinski definition) is 6. The highest BCUT2D eigenvalue weighted by Crippen LogP contribution is 2.15. The number of ether oxygens (including phenoxy) is 3. The number of carbonyl (C=O) groups is 3. The number of unbranched alkanes of at least 4 members (excludes halogenated alkanes) is 29. The van der Waals surface area contributed by atoms with E-state index in [1.165, 1.54) is 135 Å². The van der Waals surface area contributed by atoms with E-state index in [0.29, 0.717) is 19.3 Å². The minimum Gasteiger partial charge on any atom is -0.462 e. The second-order valence-corrected chi connectivity index (χ2v) is 20.6. The average molecular weight is 1030 g/mol. The molecule has 6 heteroatoms. The molecule has 0 aliphatic heterocycles. The summed E-state index contributed by atoms with van der Waals surface area (Å²) in [6.07, 6.45) is 82.6. The van der Waals surface area contributed by atoms with E-state index in [4.69, 9.17) is 14.2 Å². The highest BCUT2D eigenvalue weighted by Gasteiger charge is 2.19. The molecule has 0 aliphatic rings. The molecule has 74 heavy (non-hydrogen) atoms. The number of allylic oxidation sites excluding steroid dienone is 16. The fourth-order valence-corrected chi connectivity index (χ4v) is 8.60.